The average Bonchev–Trinajstić information content (AvgIpc) is 2.85. The van der Waals surface area contributed by atoms with Crippen LogP contribution in [0.25, 0.3) is 0 Å². The quantitative estimate of drug-likeness (QED) is 0.757. The number of ether oxygens (including phenoxy) is 1. The van der Waals surface area contributed by atoms with E-state index in [2.05, 4.69) is 12.2 Å². The van der Waals surface area contributed by atoms with Crippen LogP contribution in [0, 0.1) is 5.92 Å². The molecule has 1 aliphatic carbocycles. The van der Waals surface area contributed by atoms with Gasteiger partial charge in [-0.3, -0.25) is 4.79 Å². The number of rotatable bonds is 6. The van der Waals surface area contributed by atoms with E-state index >= 15 is 0 Å². The topological polar surface area (TPSA) is 63.1 Å². The molecule has 1 saturated carbocycles. The molecule has 0 radical (unpaired) electrons. The van der Waals surface area contributed by atoms with Gasteiger partial charge in [0.1, 0.15) is 17.8 Å². The monoisotopic (exact) mass is 360 g/mol. The lowest BCUT2D eigenvalue weighted by atomic mass is 9.73. The summed E-state index contributed by atoms with van der Waals surface area (Å²) < 4.78 is 5.46. The molecule has 1 spiro atoms. The van der Waals surface area contributed by atoms with E-state index in [-0.39, 0.29) is 17.9 Å². The molecule has 6 nitrogen and oxygen atoms in total. The Morgan fingerprint density at radius 1 is 1.27 bits per heavy atom. The minimum Gasteiger partial charge on any atom is -0.494 e. The Morgan fingerprint density at radius 3 is 2.65 bits per heavy atom. The van der Waals surface area contributed by atoms with Crippen LogP contribution in [0.15, 0.2) is 24.3 Å². The van der Waals surface area contributed by atoms with Crippen LogP contribution in [0.3, 0.4) is 0 Å². The molecule has 142 valence electrons. The molecule has 3 atom stereocenters. The largest absolute Gasteiger partial charge is 0.494 e. The second kappa shape index (κ2) is 7.66. The number of benzene rings is 1. The normalized spacial score (nSPS) is 26.9. The third-order valence-corrected chi connectivity index (χ3v) is 5.67. The van der Waals surface area contributed by atoms with Crippen LogP contribution >= 0.6 is 0 Å². The number of nitrogens with one attached hydrogen (secondary N) is 2. The lowest BCUT2D eigenvalue weighted by Gasteiger charge is -2.36. The van der Waals surface area contributed by atoms with Crippen molar-refractivity contribution in [1.82, 2.24) is 10.2 Å². The Labute approximate surface area is 155 Å². The summed E-state index contributed by atoms with van der Waals surface area (Å²) in [5.41, 5.74) is 0.480. The van der Waals surface area contributed by atoms with E-state index in [1.54, 1.807) is 0 Å². The van der Waals surface area contributed by atoms with Crippen LogP contribution in [0.1, 0.15) is 45.1 Å². The minimum absolute atomic E-state index is 0.0410. The lowest BCUT2D eigenvalue weighted by Crippen LogP contribution is -3.09. The molecule has 1 aliphatic heterocycles. The second-order valence-corrected chi connectivity index (χ2v) is 7.65. The van der Waals surface area contributed by atoms with Crippen molar-refractivity contribution < 1.29 is 19.2 Å². The number of urea groups is 1. The van der Waals surface area contributed by atoms with Gasteiger partial charge in [-0.15, -0.1) is 0 Å². The smallest absolute Gasteiger partial charge is 0.329 e. The Hall–Kier alpha value is -2.08. The summed E-state index contributed by atoms with van der Waals surface area (Å²) in [7, 11) is 2.01. The minimum atomic E-state index is -0.672. The zero-order chi connectivity index (χ0) is 18.7. The van der Waals surface area contributed by atoms with Crippen LogP contribution < -0.4 is 15.0 Å². The van der Waals surface area contributed by atoms with Gasteiger partial charge < -0.3 is 15.0 Å². The average molecular weight is 360 g/mol. The van der Waals surface area contributed by atoms with E-state index in [1.807, 2.05) is 38.2 Å². The number of amides is 3. The van der Waals surface area contributed by atoms with Gasteiger partial charge in [-0.1, -0.05) is 19.8 Å². The second-order valence-electron chi connectivity index (χ2n) is 7.65. The van der Waals surface area contributed by atoms with Crippen molar-refractivity contribution in [2.45, 2.75) is 51.6 Å². The number of hydrogen-bond acceptors (Lipinski definition) is 3. The lowest BCUT2D eigenvalue weighted by molar-refractivity contribution is -0.901. The van der Waals surface area contributed by atoms with Gasteiger partial charge in [-0.2, -0.15) is 0 Å². The highest BCUT2D eigenvalue weighted by molar-refractivity contribution is 6.07. The maximum atomic E-state index is 13.0. The Balaban J connectivity index is 1.62. The van der Waals surface area contributed by atoms with Crippen molar-refractivity contribution in [3.8, 4) is 5.75 Å². The van der Waals surface area contributed by atoms with Crippen LogP contribution in [-0.4, -0.2) is 42.7 Å². The Morgan fingerprint density at radius 2 is 2.00 bits per heavy atom. The standard InChI is InChI=1S/C20H29N3O3/c1-4-26-17-10-8-16(9-11-17)13-22(3)14-23-18(24)20(21-19(23)25)12-6-5-7-15(20)2/h8-11,15H,4-7,12-14H2,1-3H3,(H,21,25)/p+1/t15-,20+/m0/s1. The first-order valence-electron chi connectivity index (χ1n) is 9.63. The van der Waals surface area contributed by atoms with E-state index in [1.165, 1.54) is 4.90 Å². The number of hydrogen-bond donors (Lipinski definition) is 2. The van der Waals surface area contributed by atoms with Crippen LogP contribution in [-0.2, 0) is 11.3 Å². The number of quaternary nitrogens is 1. The fourth-order valence-electron chi connectivity index (χ4n) is 4.18. The Bertz CT molecular complexity index is 661. The van der Waals surface area contributed by atoms with Crippen molar-refractivity contribution in [1.29, 1.82) is 0 Å². The van der Waals surface area contributed by atoms with Crippen LogP contribution in [0.4, 0.5) is 4.79 Å². The van der Waals surface area contributed by atoms with E-state index < -0.39 is 5.54 Å². The van der Waals surface area contributed by atoms with Gasteiger partial charge in [0.15, 0.2) is 6.67 Å². The Kier molecular flexibility index (Phi) is 5.51. The molecule has 1 aromatic rings. The van der Waals surface area contributed by atoms with Gasteiger partial charge in [-0.05, 0) is 49.9 Å². The van der Waals surface area contributed by atoms with Gasteiger partial charge in [0.2, 0.25) is 0 Å². The van der Waals surface area contributed by atoms with E-state index in [4.69, 9.17) is 4.74 Å². The molecule has 3 rings (SSSR count). The van der Waals surface area contributed by atoms with Gasteiger partial charge in [-0.25, -0.2) is 9.69 Å². The molecule has 2 aliphatic rings. The van der Waals surface area contributed by atoms with Gasteiger partial charge in [0.25, 0.3) is 5.91 Å². The molecule has 0 aromatic heterocycles. The summed E-state index contributed by atoms with van der Waals surface area (Å²) in [6, 6.07) is 7.74. The molecule has 26 heavy (non-hydrogen) atoms. The molecule has 1 heterocycles. The van der Waals surface area contributed by atoms with Crippen molar-refractivity contribution in [2.75, 3.05) is 20.3 Å². The maximum absolute atomic E-state index is 13.0. The zero-order valence-electron chi connectivity index (χ0n) is 16.0. The molecule has 1 unspecified atom stereocenters. The molecular formula is C20H30N3O3+. The molecular weight excluding hydrogens is 330 g/mol. The fraction of sp³-hybridized carbons (Fsp3) is 0.600. The molecule has 1 aromatic carbocycles. The van der Waals surface area contributed by atoms with Crippen molar-refractivity contribution in [2.24, 2.45) is 5.92 Å². The highest BCUT2D eigenvalue weighted by Crippen LogP contribution is 2.37. The fourth-order valence-corrected chi connectivity index (χ4v) is 4.18. The van der Waals surface area contributed by atoms with Gasteiger partial charge in [0, 0.05) is 5.56 Å². The molecule has 1 saturated heterocycles. The van der Waals surface area contributed by atoms with Crippen LogP contribution in [0.2, 0.25) is 0 Å². The summed E-state index contributed by atoms with van der Waals surface area (Å²) in [5, 5.41) is 3.02. The number of carbonyl (C=O) groups excluding carboxylic acids is 2. The van der Waals surface area contributed by atoms with Crippen molar-refractivity contribution in [3.63, 3.8) is 0 Å². The van der Waals surface area contributed by atoms with E-state index in [0.29, 0.717) is 13.3 Å². The zero-order valence-corrected chi connectivity index (χ0v) is 16.0. The molecule has 2 fully saturated rings. The summed E-state index contributed by atoms with van der Waals surface area (Å²) in [6.07, 6.45) is 3.88. The third kappa shape index (κ3) is 3.56. The van der Waals surface area contributed by atoms with Gasteiger partial charge in [0.05, 0.1) is 13.7 Å². The number of carbonyl (C=O) groups is 2. The summed E-state index contributed by atoms with van der Waals surface area (Å²) in [5.74, 6) is 1.01. The molecule has 0 bridgehead atoms. The first kappa shape index (κ1) is 18.7. The first-order valence-corrected chi connectivity index (χ1v) is 9.63. The molecule has 3 amide bonds. The highest BCUT2D eigenvalue weighted by Gasteiger charge is 2.55. The van der Waals surface area contributed by atoms with Crippen LogP contribution in [0.5, 0.6) is 5.75 Å². The predicted octanol–water partition coefficient (Wildman–Crippen LogP) is 1.56. The maximum Gasteiger partial charge on any atom is 0.329 e. The predicted molar refractivity (Wildman–Crippen MR) is 98.8 cm³/mol. The summed E-state index contributed by atoms with van der Waals surface area (Å²) >= 11 is 0. The van der Waals surface area contributed by atoms with E-state index in [9.17, 15) is 9.59 Å². The third-order valence-electron chi connectivity index (χ3n) is 5.67. The van der Waals surface area contributed by atoms with E-state index in [0.717, 1.165) is 48.4 Å². The van der Waals surface area contributed by atoms with Crippen molar-refractivity contribution in [3.05, 3.63) is 29.8 Å². The van der Waals surface area contributed by atoms with Crippen molar-refractivity contribution >= 4 is 11.9 Å². The molecule has 2 N–H and O–H groups in total. The SMILES string of the molecule is CCOc1ccc(C[NH+](C)CN2C(=O)N[C@@]3(CCCC[C@@H]3C)C2=O)cc1. The highest BCUT2D eigenvalue weighted by atomic mass is 16.5. The molecule has 6 heteroatoms. The van der Waals surface area contributed by atoms with Gasteiger partial charge >= 0.3 is 6.03 Å². The number of nitrogens with zero attached hydrogens (tertiary/aromatic N) is 1. The first-order chi connectivity index (χ1) is 12.5. The summed E-state index contributed by atoms with van der Waals surface area (Å²) in [4.78, 5) is 28.0. The number of imide groups is 1. The summed E-state index contributed by atoms with van der Waals surface area (Å²) in [6.45, 7) is 5.82.